The summed E-state index contributed by atoms with van der Waals surface area (Å²) in [5.74, 6) is -2.97. The number of rotatable bonds is 2. The van der Waals surface area contributed by atoms with Gasteiger partial charge in [0.15, 0.2) is 16.7 Å². The molecule has 0 atom stereocenters. The number of carboxylic acids is 2. The van der Waals surface area contributed by atoms with Gasteiger partial charge in [-0.05, 0) is 0 Å². The molecule has 8 nitrogen and oxygen atoms in total. The molecule has 18 heavy (non-hydrogen) atoms. The summed E-state index contributed by atoms with van der Waals surface area (Å²) < 4.78 is 0. The lowest BCUT2D eigenvalue weighted by molar-refractivity contribution is 0.0685. The first-order chi connectivity index (χ1) is 8.27. The molecule has 0 spiro atoms. The number of pyridine rings is 1. The van der Waals surface area contributed by atoms with E-state index in [9.17, 15) is 9.59 Å². The third-order valence-electron chi connectivity index (χ3n) is 1.43. The fourth-order valence-corrected chi connectivity index (χ4v) is 1.46. The summed E-state index contributed by atoms with van der Waals surface area (Å²) in [5.41, 5.74) is -1.30. The molecule has 0 aliphatic carbocycles. The van der Waals surface area contributed by atoms with Gasteiger partial charge in [0.25, 0.3) is 0 Å². The molecular formula is C7H3Cl3N2O6. The third kappa shape index (κ3) is 3.69. The number of aromatic carboxylic acids is 2. The van der Waals surface area contributed by atoms with Crippen molar-refractivity contribution in [2.75, 3.05) is 0 Å². The number of carboxylic acid groups (broad SMARTS) is 2. The van der Waals surface area contributed by atoms with E-state index in [1.165, 1.54) is 5.34 Å². The topological polar surface area (TPSA) is 137 Å². The second-order valence-corrected chi connectivity index (χ2v) is 3.58. The Kier molecular flexibility index (Phi) is 6.31. The highest BCUT2D eigenvalue weighted by atomic mass is 35.5. The Hall–Kier alpha value is -1.64. The van der Waals surface area contributed by atoms with Crippen LogP contribution in [0.15, 0.2) is 5.34 Å². The highest BCUT2D eigenvalue weighted by molar-refractivity contribution is 6.49. The number of nitrogens with zero attached hydrogens (tertiary/aromatic N) is 2. The van der Waals surface area contributed by atoms with Crippen molar-refractivity contribution in [2.24, 2.45) is 5.34 Å². The molecule has 0 amide bonds. The Morgan fingerprint density at radius 3 is 1.44 bits per heavy atom. The van der Waals surface area contributed by atoms with Crippen molar-refractivity contribution in [2.45, 2.75) is 0 Å². The highest BCUT2D eigenvalue weighted by Gasteiger charge is 2.23. The summed E-state index contributed by atoms with van der Waals surface area (Å²) in [6.07, 6.45) is 0. The van der Waals surface area contributed by atoms with E-state index in [4.69, 9.17) is 55.1 Å². The molecule has 1 aromatic rings. The van der Waals surface area contributed by atoms with Gasteiger partial charge in [0.05, 0.1) is 15.1 Å². The first-order valence-electron chi connectivity index (χ1n) is 3.75. The number of hydrogen-bond donors (Lipinski definition) is 3. The summed E-state index contributed by atoms with van der Waals surface area (Å²) >= 11 is 16.6. The normalized spacial score (nSPS) is 9.06. The van der Waals surface area contributed by atoms with Gasteiger partial charge in [-0.15, -0.1) is 4.91 Å². The van der Waals surface area contributed by atoms with E-state index in [2.05, 4.69) is 4.98 Å². The first-order valence-corrected chi connectivity index (χ1v) is 4.89. The molecule has 98 valence electrons. The van der Waals surface area contributed by atoms with Crippen molar-refractivity contribution in [1.29, 1.82) is 0 Å². The Bertz CT molecular complexity index is 468. The molecule has 0 aliphatic rings. The van der Waals surface area contributed by atoms with Crippen LogP contribution in [0.25, 0.3) is 0 Å². The van der Waals surface area contributed by atoms with Crippen LogP contribution < -0.4 is 0 Å². The predicted molar refractivity (Wildman–Crippen MR) is 60.8 cm³/mol. The maximum atomic E-state index is 10.6. The van der Waals surface area contributed by atoms with Crippen LogP contribution in [0.1, 0.15) is 21.0 Å². The van der Waals surface area contributed by atoms with Gasteiger partial charge in [-0.25, -0.2) is 14.6 Å². The van der Waals surface area contributed by atoms with Gasteiger partial charge in [-0.1, -0.05) is 34.8 Å². The standard InChI is InChI=1S/C7H2Cl3NO4.HNO2/c8-1-2(9)4(6(12)13)11-5(3(1)10)7(14)15;2-1-3/h(H,12,13)(H,14,15);(H,2,3). The molecule has 3 N–H and O–H groups in total. The Morgan fingerprint density at radius 1 is 0.944 bits per heavy atom. The smallest absolute Gasteiger partial charge is 0.356 e. The highest BCUT2D eigenvalue weighted by Crippen LogP contribution is 2.33. The van der Waals surface area contributed by atoms with Crippen LogP contribution in [0.5, 0.6) is 0 Å². The molecule has 1 rings (SSSR count). The quantitative estimate of drug-likeness (QED) is 0.563. The Balaban J connectivity index is 0.000000873. The van der Waals surface area contributed by atoms with Gasteiger partial charge < -0.3 is 15.4 Å². The molecule has 0 saturated heterocycles. The van der Waals surface area contributed by atoms with E-state index < -0.39 is 23.3 Å². The summed E-state index contributed by atoms with van der Waals surface area (Å²) in [7, 11) is 0. The lowest BCUT2D eigenvalue weighted by Crippen LogP contribution is -2.09. The maximum Gasteiger partial charge on any atom is 0.356 e. The fourth-order valence-electron chi connectivity index (χ4n) is 0.798. The maximum absolute atomic E-state index is 10.6. The Morgan fingerprint density at radius 2 is 1.22 bits per heavy atom. The van der Waals surface area contributed by atoms with E-state index in [0.29, 0.717) is 0 Å². The van der Waals surface area contributed by atoms with Gasteiger partial charge in [0, 0.05) is 0 Å². The summed E-state index contributed by atoms with van der Waals surface area (Å²) in [5, 5.41) is 24.1. The molecule has 11 heteroatoms. The van der Waals surface area contributed by atoms with Gasteiger partial charge in [0.1, 0.15) is 0 Å². The van der Waals surface area contributed by atoms with Crippen LogP contribution in [0.3, 0.4) is 0 Å². The molecule has 0 bridgehead atoms. The van der Waals surface area contributed by atoms with E-state index in [0.717, 1.165) is 0 Å². The average Bonchev–Trinajstić information content (AvgIpc) is 2.26. The summed E-state index contributed by atoms with van der Waals surface area (Å²) in [6, 6.07) is 0. The van der Waals surface area contributed by atoms with Crippen molar-refractivity contribution in [3.63, 3.8) is 0 Å². The molecule has 0 radical (unpaired) electrons. The largest absolute Gasteiger partial charge is 0.476 e. The van der Waals surface area contributed by atoms with Crippen LogP contribution in [-0.2, 0) is 0 Å². The molecule has 0 saturated carbocycles. The minimum Gasteiger partial charge on any atom is -0.476 e. The van der Waals surface area contributed by atoms with E-state index in [1.807, 2.05) is 0 Å². The van der Waals surface area contributed by atoms with Crippen molar-refractivity contribution >= 4 is 46.7 Å². The molecule has 0 aliphatic heterocycles. The second-order valence-electron chi connectivity index (χ2n) is 2.44. The molecule has 1 heterocycles. The minimum atomic E-state index is -1.49. The second kappa shape index (κ2) is 6.94. The van der Waals surface area contributed by atoms with Crippen molar-refractivity contribution in [1.82, 2.24) is 4.98 Å². The fraction of sp³-hybridized carbons (Fsp3) is 0. The summed E-state index contributed by atoms with van der Waals surface area (Å²) in [6.45, 7) is 0. The number of hydrogen-bond acceptors (Lipinski definition) is 5. The van der Waals surface area contributed by atoms with Crippen LogP contribution in [0.4, 0.5) is 0 Å². The van der Waals surface area contributed by atoms with Crippen LogP contribution in [-0.4, -0.2) is 32.3 Å². The predicted octanol–water partition coefficient (Wildman–Crippen LogP) is 2.58. The van der Waals surface area contributed by atoms with Crippen molar-refractivity contribution in [3.8, 4) is 0 Å². The zero-order valence-electron chi connectivity index (χ0n) is 8.09. The lowest BCUT2D eigenvalue weighted by atomic mass is 10.3. The van der Waals surface area contributed by atoms with E-state index in [1.54, 1.807) is 0 Å². The first kappa shape index (κ1) is 16.4. The number of carbonyl (C=O) groups is 2. The minimum absolute atomic E-state index is 0.344. The summed E-state index contributed by atoms with van der Waals surface area (Å²) in [4.78, 5) is 32.6. The van der Waals surface area contributed by atoms with Gasteiger partial charge in [-0.3, -0.25) is 0 Å². The van der Waals surface area contributed by atoms with Gasteiger partial charge >= 0.3 is 11.9 Å². The van der Waals surface area contributed by atoms with Crippen molar-refractivity contribution < 1.29 is 25.0 Å². The molecule has 0 aromatic carbocycles. The lowest BCUT2D eigenvalue weighted by Gasteiger charge is -2.05. The zero-order chi connectivity index (χ0) is 14.5. The monoisotopic (exact) mass is 316 g/mol. The van der Waals surface area contributed by atoms with E-state index in [-0.39, 0.29) is 15.1 Å². The van der Waals surface area contributed by atoms with Crippen LogP contribution >= 0.6 is 34.8 Å². The van der Waals surface area contributed by atoms with E-state index >= 15 is 0 Å². The molecule has 1 aromatic heterocycles. The third-order valence-corrected chi connectivity index (χ3v) is 2.74. The molecular weight excluding hydrogens is 314 g/mol. The van der Waals surface area contributed by atoms with Crippen LogP contribution in [0.2, 0.25) is 15.1 Å². The zero-order valence-corrected chi connectivity index (χ0v) is 10.4. The number of aromatic nitrogens is 1. The Labute approximate surface area is 114 Å². The SMILES string of the molecule is O=C(O)c1nc(C(=O)O)c(Cl)c(Cl)c1Cl.O=NO. The average molecular weight is 317 g/mol. The van der Waals surface area contributed by atoms with Crippen LogP contribution in [0, 0.1) is 4.91 Å². The van der Waals surface area contributed by atoms with Gasteiger partial charge in [0.2, 0.25) is 0 Å². The van der Waals surface area contributed by atoms with Crippen molar-refractivity contribution in [3.05, 3.63) is 31.4 Å². The van der Waals surface area contributed by atoms with Gasteiger partial charge in [-0.2, -0.15) is 0 Å². The molecule has 0 unspecified atom stereocenters. The number of halogens is 3. The molecule has 0 fully saturated rings.